The molecule has 3 amide bonds. The van der Waals surface area contributed by atoms with Gasteiger partial charge in [0.1, 0.15) is 5.54 Å². The van der Waals surface area contributed by atoms with Gasteiger partial charge >= 0.3 is 12.2 Å². The van der Waals surface area contributed by atoms with Crippen LogP contribution < -0.4 is 11.1 Å². The molecule has 0 aliphatic carbocycles. The summed E-state index contributed by atoms with van der Waals surface area (Å²) >= 11 is 6.04. The topological polar surface area (TPSA) is 88.3 Å². The minimum absolute atomic E-state index is 0.121. The second kappa shape index (κ2) is 8.51. The van der Waals surface area contributed by atoms with Gasteiger partial charge in [-0.1, -0.05) is 29.8 Å². The Kier molecular flexibility index (Phi) is 6.21. The normalized spacial score (nSPS) is 19.0. The number of likely N-dealkylation sites (tertiary alicyclic amines) is 1. The van der Waals surface area contributed by atoms with E-state index in [1.165, 1.54) is 17.0 Å². The van der Waals surface area contributed by atoms with Crippen LogP contribution in [0, 0.1) is 0 Å². The molecule has 0 saturated carbocycles. The summed E-state index contributed by atoms with van der Waals surface area (Å²) in [7, 11) is 0. The number of benzene rings is 1. The van der Waals surface area contributed by atoms with E-state index >= 15 is 0 Å². The quantitative estimate of drug-likeness (QED) is 0.745. The van der Waals surface area contributed by atoms with E-state index in [-0.39, 0.29) is 31.5 Å². The van der Waals surface area contributed by atoms with E-state index in [1.54, 1.807) is 24.5 Å². The number of hydrogen-bond donors (Lipinski definition) is 2. The van der Waals surface area contributed by atoms with Crippen LogP contribution in [0.2, 0.25) is 5.02 Å². The van der Waals surface area contributed by atoms with Crippen LogP contribution in [-0.2, 0) is 23.9 Å². The number of urea groups is 1. The van der Waals surface area contributed by atoms with Gasteiger partial charge in [-0.2, -0.15) is 13.2 Å². The number of amides is 3. The predicted molar refractivity (Wildman–Crippen MR) is 104 cm³/mol. The highest BCUT2D eigenvalue weighted by Crippen LogP contribution is 2.40. The van der Waals surface area contributed by atoms with E-state index in [0.29, 0.717) is 6.42 Å². The number of carbonyl (C=O) groups is 2. The van der Waals surface area contributed by atoms with Crippen LogP contribution in [0.15, 0.2) is 42.7 Å². The Morgan fingerprint density at radius 3 is 2.67 bits per heavy atom. The fraction of sp³-hybridized carbons (Fsp3) is 0.350. The van der Waals surface area contributed by atoms with E-state index in [4.69, 9.17) is 17.3 Å². The van der Waals surface area contributed by atoms with Gasteiger partial charge in [0.25, 0.3) is 0 Å². The zero-order valence-electron chi connectivity index (χ0n) is 15.9. The van der Waals surface area contributed by atoms with E-state index in [9.17, 15) is 22.8 Å². The molecule has 0 radical (unpaired) electrons. The van der Waals surface area contributed by atoms with Crippen molar-refractivity contribution in [2.24, 2.45) is 5.73 Å². The zero-order valence-corrected chi connectivity index (χ0v) is 16.6. The summed E-state index contributed by atoms with van der Waals surface area (Å²) in [5.41, 5.74) is 3.93. The van der Waals surface area contributed by atoms with Gasteiger partial charge in [-0.15, -0.1) is 0 Å². The third kappa shape index (κ3) is 4.35. The van der Waals surface area contributed by atoms with Crippen molar-refractivity contribution >= 4 is 23.5 Å². The number of alkyl halides is 3. The second-order valence-electron chi connectivity index (χ2n) is 7.12. The molecule has 2 heterocycles. The minimum atomic E-state index is -4.64. The Morgan fingerprint density at radius 1 is 1.27 bits per heavy atom. The number of nitrogens with one attached hydrogen (secondary N) is 1. The molecule has 30 heavy (non-hydrogen) atoms. The predicted octanol–water partition coefficient (Wildman–Crippen LogP) is 3.53. The minimum Gasteiger partial charge on any atom is -0.351 e. The molecule has 1 fully saturated rings. The first-order valence-corrected chi connectivity index (χ1v) is 9.62. The molecule has 2 aromatic rings. The highest BCUT2D eigenvalue weighted by atomic mass is 35.5. The molecule has 1 aromatic heterocycles. The first-order chi connectivity index (χ1) is 14.1. The first-order valence-electron chi connectivity index (χ1n) is 9.24. The van der Waals surface area contributed by atoms with Crippen molar-refractivity contribution in [1.29, 1.82) is 0 Å². The van der Waals surface area contributed by atoms with Crippen molar-refractivity contribution in [2.75, 3.05) is 6.54 Å². The average Bonchev–Trinajstić information content (AvgIpc) is 3.13. The van der Waals surface area contributed by atoms with Crippen LogP contribution in [-0.4, -0.2) is 33.9 Å². The smallest absolute Gasteiger partial charge is 0.351 e. The maximum atomic E-state index is 13.3. The van der Waals surface area contributed by atoms with Crippen LogP contribution in [0.1, 0.15) is 29.5 Å². The molecular weight excluding hydrogens is 421 g/mol. The Balaban J connectivity index is 1.94. The fourth-order valence-corrected chi connectivity index (χ4v) is 4.10. The molecule has 1 unspecified atom stereocenters. The lowest BCUT2D eigenvalue weighted by Gasteiger charge is -2.36. The molecule has 6 nitrogen and oxygen atoms in total. The Morgan fingerprint density at radius 2 is 2.03 bits per heavy atom. The lowest BCUT2D eigenvalue weighted by Crippen LogP contribution is -2.59. The van der Waals surface area contributed by atoms with Gasteiger partial charge < -0.3 is 16.0 Å². The Bertz CT molecular complexity index is 939. The van der Waals surface area contributed by atoms with Crippen molar-refractivity contribution in [2.45, 2.75) is 37.5 Å². The van der Waals surface area contributed by atoms with Gasteiger partial charge in [0.05, 0.1) is 10.6 Å². The van der Waals surface area contributed by atoms with Crippen LogP contribution in [0.5, 0.6) is 0 Å². The number of nitrogens with zero attached hydrogens (tertiary/aromatic N) is 2. The lowest BCUT2D eigenvalue weighted by molar-refractivity contribution is -0.137. The summed E-state index contributed by atoms with van der Waals surface area (Å²) in [6, 6.07) is 6.20. The molecular formula is C20H20ClF3N4O2. The molecule has 1 aliphatic rings. The van der Waals surface area contributed by atoms with Gasteiger partial charge in [0, 0.05) is 31.9 Å². The zero-order chi connectivity index (χ0) is 21.9. The monoisotopic (exact) mass is 440 g/mol. The lowest BCUT2D eigenvalue weighted by atomic mass is 9.86. The van der Waals surface area contributed by atoms with E-state index in [0.717, 1.165) is 11.6 Å². The molecule has 10 heteroatoms. The number of aromatic nitrogens is 1. The number of halogens is 4. The second-order valence-corrected chi connectivity index (χ2v) is 7.50. The van der Waals surface area contributed by atoms with Crippen molar-refractivity contribution in [3.8, 4) is 0 Å². The van der Waals surface area contributed by atoms with Gasteiger partial charge in [-0.3, -0.25) is 9.78 Å². The molecule has 1 aromatic carbocycles. The van der Waals surface area contributed by atoms with E-state index < -0.39 is 34.2 Å². The maximum absolute atomic E-state index is 13.3. The van der Waals surface area contributed by atoms with E-state index in [1.807, 2.05) is 0 Å². The highest BCUT2D eigenvalue weighted by molar-refractivity contribution is 6.32. The molecule has 0 spiro atoms. The number of carbonyl (C=O) groups excluding carboxylic acids is 2. The molecule has 160 valence electrons. The van der Waals surface area contributed by atoms with Crippen molar-refractivity contribution in [3.05, 3.63) is 64.4 Å². The summed E-state index contributed by atoms with van der Waals surface area (Å²) < 4.78 is 39.8. The van der Waals surface area contributed by atoms with Crippen molar-refractivity contribution < 1.29 is 22.8 Å². The Hall–Kier alpha value is -2.81. The number of pyridine rings is 1. The molecule has 3 N–H and O–H groups in total. The van der Waals surface area contributed by atoms with Crippen LogP contribution in [0.3, 0.4) is 0 Å². The Labute approximate surface area is 176 Å². The van der Waals surface area contributed by atoms with Crippen LogP contribution in [0.4, 0.5) is 18.0 Å². The number of hydrogen-bond acceptors (Lipinski definition) is 3. The third-order valence-corrected chi connectivity index (χ3v) is 5.67. The molecule has 1 aliphatic heterocycles. The standard InChI is InChI=1S/C20H20ClF3N4O2/c21-16-14(5-1-6-15(16)20(22,23)24)10-19(7-3-9-28(19)18(25)30)17(29)27-12-13-4-2-8-26-11-13/h1-2,4-6,8,11H,3,7,9-10,12H2,(H2,25,30)(H,27,29). The van der Waals surface area contributed by atoms with Gasteiger partial charge in [-0.05, 0) is 36.1 Å². The van der Waals surface area contributed by atoms with Crippen LogP contribution in [0.25, 0.3) is 0 Å². The van der Waals surface area contributed by atoms with Crippen LogP contribution >= 0.6 is 11.6 Å². The number of primary amides is 1. The SMILES string of the molecule is NC(=O)N1CCCC1(Cc1cccc(C(F)(F)F)c1Cl)C(=O)NCc1cccnc1. The number of rotatable bonds is 5. The maximum Gasteiger partial charge on any atom is 0.417 e. The fourth-order valence-electron chi connectivity index (χ4n) is 3.80. The first kappa shape index (κ1) is 21.9. The molecule has 1 atom stereocenters. The highest BCUT2D eigenvalue weighted by Gasteiger charge is 2.49. The molecule has 3 rings (SSSR count). The molecule has 1 saturated heterocycles. The summed E-state index contributed by atoms with van der Waals surface area (Å²) in [6.45, 7) is 0.379. The number of nitrogens with two attached hydrogens (primary N) is 1. The van der Waals surface area contributed by atoms with Gasteiger partial charge in [0.15, 0.2) is 0 Å². The van der Waals surface area contributed by atoms with Crippen molar-refractivity contribution in [1.82, 2.24) is 15.2 Å². The summed E-state index contributed by atoms with van der Waals surface area (Å²) in [6.07, 6.45) is -0.911. The summed E-state index contributed by atoms with van der Waals surface area (Å²) in [5.74, 6) is -0.504. The summed E-state index contributed by atoms with van der Waals surface area (Å²) in [5, 5.41) is 2.27. The summed E-state index contributed by atoms with van der Waals surface area (Å²) in [4.78, 5) is 30.4. The van der Waals surface area contributed by atoms with Gasteiger partial charge in [-0.25, -0.2) is 4.79 Å². The molecule has 0 bridgehead atoms. The average molecular weight is 441 g/mol. The largest absolute Gasteiger partial charge is 0.417 e. The van der Waals surface area contributed by atoms with E-state index in [2.05, 4.69) is 10.3 Å². The van der Waals surface area contributed by atoms with Gasteiger partial charge in [0.2, 0.25) is 5.91 Å². The van der Waals surface area contributed by atoms with Crippen molar-refractivity contribution in [3.63, 3.8) is 0 Å². The third-order valence-electron chi connectivity index (χ3n) is 5.22.